The minimum Gasteiger partial charge on any atom is -0.462 e. The average molecular weight is 361 g/mol. The smallest absolute Gasteiger partial charge is 0.341 e. The van der Waals surface area contributed by atoms with E-state index in [-0.39, 0.29) is 5.91 Å². The van der Waals surface area contributed by atoms with E-state index in [0.717, 1.165) is 16.9 Å². The zero-order chi connectivity index (χ0) is 18.2. The first kappa shape index (κ1) is 19.1. The molecule has 1 atom stereocenters. The van der Waals surface area contributed by atoms with Crippen molar-refractivity contribution in [3.05, 3.63) is 42.0 Å². The molecular formula is C19H25N2O3S+. The van der Waals surface area contributed by atoms with E-state index >= 15 is 0 Å². The molecule has 1 aromatic heterocycles. The summed E-state index contributed by atoms with van der Waals surface area (Å²) in [6, 6.07) is 11.9. The van der Waals surface area contributed by atoms with E-state index in [0.29, 0.717) is 29.8 Å². The topological polar surface area (TPSA) is 72.0 Å². The molecule has 6 heteroatoms. The molecule has 0 fully saturated rings. The van der Waals surface area contributed by atoms with Gasteiger partial charge in [-0.3, -0.25) is 4.79 Å². The van der Waals surface area contributed by atoms with E-state index in [4.69, 9.17) is 4.74 Å². The van der Waals surface area contributed by atoms with E-state index in [1.165, 1.54) is 11.3 Å². The van der Waals surface area contributed by atoms with Crippen LogP contribution in [0.4, 0.5) is 5.00 Å². The average Bonchev–Trinajstić information content (AvgIpc) is 3.04. The second kappa shape index (κ2) is 9.34. The van der Waals surface area contributed by atoms with Gasteiger partial charge in [-0.25, -0.2) is 4.79 Å². The Morgan fingerprint density at radius 1 is 1.24 bits per heavy atom. The molecule has 0 saturated heterocycles. The summed E-state index contributed by atoms with van der Waals surface area (Å²) in [5.74, 6) is -0.533. The summed E-state index contributed by atoms with van der Waals surface area (Å²) in [5.41, 5.74) is 1.41. The van der Waals surface area contributed by atoms with Crippen LogP contribution in [0.25, 0.3) is 10.4 Å². The number of benzene rings is 1. The van der Waals surface area contributed by atoms with Crippen molar-refractivity contribution in [2.24, 2.45) is 0 Å². The zero-order valence-corrected chi connectivity index (χ0v) is 15.7. The van der Waals surface area contributed by atoms with E-state index in [9.17, 15) is 9.59 Å². The molecule has 0 bridgehead atoms. The van der Waals surface area contributed by atoms with Crippen LogP contribution < -0.4 is 10.6 Å². The van der Waals surface area contributed by atoms with Crippen LogP contribution in [-0.4, -0.2) is 31.1 Å². The fourth-order valence-electron chi connectivity index (χ4n) is 2.24. The maximum Gasteiger partial charge on any atom is 0.341 e. The van der Waals surface area contributed by atoms with Crippen molar-refractivity contribution >= 4 is 28.2 Å². The molecule has 2 aromatic rings. The van der Waals surface area contributed by atoms with Crippen molar-refractivity contribution in [1.29, 1.82) is 0 Å². The summed E-state index contributed by atoms with van der Waals surface area (Å²) in [6.07, 6.45) is 0.999. The van der Waals surface area contributed by atoms with Crippen LogP contribution in [0.3, 0.4) is 0 Å². The van der Waals surface area contributed by atoms with E-state index in [2.05, 4.69) is 19.2 Å². The summed E-state index contributed by atoms with van der Waals surface area (Å²) in [5, 5.41) is 5.40. The molecule has 1 heterocycles. The van der Waals surface area contributed by atoms with Crippen LogP contribution >= 0.6 is 11.3 Å². The normalized spacial score (nSPS) is 11.8. The summed E-state index contributed by atoms with van der Waals surface area (Å²) in [6.45, 7) is 6.56. The molecule has 2 rings (SSSR count). The third-order valence-corrected chi connectivity index (χ3v) is 4.99. The van der Waals surface area contributed by atoms with Gasteiger partial charge in [0.1, 0.15) is 5.00 Å². The van der Waals surface area contributed by atoms with E-state index in [1.807, 2.05) is 35.6 Å². The molecule has 5 nitrogen and oxygen atoms in total. The molecule has 25 heavy (non-hydrogen) atoms. The summed E-state index contributed by atoms with van der Waals surface area (Å²) < 4.78 is 5.12. The zero-order valence-electron chi connectivity index (χ0n) is 14.9. The van der Waals surface area contributed by atoms with Crippen LogP contribution in [0, 0.1) is 0 Å². The Bertz CT molecular complexity index is 713. The second-order valence-electron chi connectivity index (χ2n) is 5.81. The van der Waals surface area contributed by atoms with Crippen molar-refractivity contribution in [1.82, 2.24) is 0 Å². The van der Waals surface area contributed by atoms with Crippen molar-refractivity contribution < 1.29 is 19.6 Å². The molecule has 0 unspecified atom stereocenters. The Morgan fingerprint density at radius 3 is 2.60 bits per heavy atom. The Kier molecular flexibility index (Phi) is 7.16. The summed E-state index contributed by atoms with van der Waals surface area (Å²) >= 11 is 1.39. The van der Waals surface area contributed by atoms with Crippen LogP contribution in [0.2, 0.25) is 0 Å². The van der Waals surface area contributed by atoms with Gasteiger partial charge in [0, 0.05) is 4.88 Å². The minimum atomic E-state index is -0.415. The quantitative estimate of drug-likeness (QED) is 0.710. The lowest BCUT2D eigenvalue weighted by Crippen LogP contribution is -2.90. The molecule has 0 radical (unpaired) electrons. The van der Waals surface area contributed by atoms with Crippen LogP contribution in [0.1, 0.15) is 37.6 Å². The van der Waals surface area contributed by atoms with Crippen molar-refractivity contribution in [3.63, 3.8) is 0 Å². The number of esters is 1. The Labute approximate surface area is 152 Å². The van der Waals surface area contributed by atoms with Gasteiger partial charge in [0.25, 0.3) is 5.91 Å². The van der Waals surface area contributed by atoms with Crippen LogP contribution in [0.5, 0.6) is 0 Å². The van der Waals surface area contributed by atoms with Crippen molar-refractivity contribution in [3.8, 4) is 10.4 Å². The van der Waals surface area contributed by atoms with Gasteiger partial charge in [-0.15, -0.1) is 11.3 Å². The molecule has 0 aliphatic carbocycles. The number of anilines is 1. The number of ether oxygens (including phenoxy) is 1. The molecule has 134 valence electrons. The maximum atomic E-state index is 12.2. The monoisotopic (exact) mass is 361 g/mol. The molecule has 0 saturated carbocycles. The number of carbonyl (C=O) groups is 2. The number of carbonyl (C=O) groups excluding carboxylic acids is 2. The van der Waals surface area contributed by atoms with Crippen molar-refractivity contribution in [2.75, 3.05) is 18.5 Å². The number of nitrogens with two attached hydrogens (primary N) is 1. The SMILES string of the molecule is CCOC(=O)c1cc(-c2ccccc2)sc1NC(=O)C[NH2+][C@@H](C)CC. The predicted octanol–water partition coefficient (Wildman–Crippen LogP) is 2.89. The largest absolute Gasteiger partial charge is 0.462 e. The summed E-state index contributed by atoms with van der Waals surface area (Å²) in [7, 11) is 0. The third kappa shape index (κ3) is 5.41. The number of nitrogens with one attached hydrogen (secondary N) is 1. The highest BCUT2D eigenvalue weighted by atomic mass is 32.1. The van der Waals surface area contributed by atoms with Gasteiger partial charge in [0.2, 0.25) is 0 Å². The predicted molar refractivity (Wildman–Crippen MR) is 101 cm³/mol. The van der Waals surface area contributed by atoms with E-state index in [1.54, 1.807) is 13.0 Å². The molecule has 0 aliphatic heterocycles. The number of hydrogen-bond donors (Lipinski definition) is 2. The molecule has 1 aromatic carbocycles. The molecular weight excluding hydrogens is 336 g/mol. The molecule has 0 spiro atoms. The van der Waals surface area contributed by atoms with E-state index < -0.39 is 5.97 Å². The second-order valence-corrected chi connectivity index (χ2v) is 6.87. The Balaban J connectivity index is 2.21. The van der Waals surface area contributed by atoms with Gasteiger partial charge in [0.15, 0.2) is 6.54 Å². The van der Waals surface area contributed by atoms with Gasteiger partial charge in [-0.05, 0) is 31.9 Å². The highest BCUT2D eigenvalue weighted by Gasteiger charge is 2.20. The third-order valence-electron chi connectivity index (χ3n) is 3.89. The number of amides is 1. The number of hydrogen-bond acceptors (Lipinski definition) is 4. The standard InChI is InChI=1S/C19H24N2O3S/c1-4-13(3)20-12-17(22)21-18-15(19(23)24-5-2)11-16(25-18)14-9-7-6-8-10-14/h6-11,13,20H,4-5,12H2,1-3H3,(H,21,22)/p+1/t13-/m0/s1. The van der Waals surface area contributed by atoms with Crippen LogP contribution in [0.15, 0.2) is 36.4 Å². The number of thiophene rings is 1. The molecule has 1 amide bonds. The fraction of sp³-hybridized carbons (Fsp3) is 0.368. The van der Waals surface area contributed by atoms with Crippen molar-refractivity contribution in [2.45, 2.75) is 33.2 Å². The van der Waals surface area contributed by atoms with Gasteiger partial charge < -0.3 is 15.4 Å². The first-order valence-electron chi connectivity index (χ1n) is 8.54. The van der Waals surface area contributed by atoms with Gasteiger partial charge in [0.05, 0.1) is 18.2 Å². The van der Waals surface area contributed by atoms with Gasteiger partial charge in [-0.2, -0.15) is 0 Å². The Hall–Kier alpha value is -2.18. The van der Waals surface area contributed by atoms with Crippen LogP contribution in [-0.2, 0) is 9.53 Å². The minimum absolute atomic E-state index is 0.118. The molecule has 0 aliphatic rings. The molecule has 3 N–H and O–H groups in total. The first-order chi connectivity index (χ1) is 12.0. The lowest BCUT2D eigenvalue weighted by Gasteiger charge is -2.08. The Morgan fingerprint density at radius 2 is 1.96 bits per heavy atom. The maximum absolute atomic E-state index is 12.2. The highest BCUT2D eigenvalue weighted by Crippen LogP contribution is 2.35. The highest BCUT2D eigenvalue weighted by molar-refractivity contribution is 7.20. The lowest BCUT2D eigenvalue weighted by atomic mass is 10.1. The lowest BCUT2D eigenvalue weighted by molar-refractivity contribution is -0.675. The number of rotatable bonds is 8. The van der Waals surface area contributed by atoms with Gasteiger partial charge in [-0.1, -0.05) is 37.3 Å². The fourth-order valence-corrected chi connectivity index (χ4v) is 3.31. The van der Waals surface area contributed by atoms with Gasteiger partial charge >= 0.3 is 5.97 Å². The first-order valence-corrected chi connectivity index (χ1v) is 9.36. The summed E-state index contributed by atoms with van der Waals surface area (Å²) in [4.78, 5) is 25.4. The number of quaternary nitrogens is 1.